The first-order chi connectivity index (χ1) is 10.0. The van der Waals surface area contributed by atoms with Crippen molar-refractivity contribution in [1.82, 2.24) is 4.98 Å². The number of methoxy groups -OCH3 is 2. The molecule has 0 fully saturated rings. The van der Waals surface area contributed by atoms with Gasteiger partial charge in [-0.25, -0.2) is 0 Å². The summed E-state index contributed by atoms with van der Waals surface area (Å²) in [5.41, 5.74) is 2.22. The van der Waals surface area contributed by atoms with Crippen LogP contribution in [0.25, 0.3) is 0 Å². The van der Waals surface area contributed by atoms with Gasteiger partial charge < -0.3 is 14.5 Å². The second-order valence-electron chi connectivity index (χ2n) is 4.97. The summed E-state index contributed by atoms with van der Waals surface area (Å²) in [5, 5.41) is 0. The van der Waals surface area contributed by atoms with Crippen molar-refractivity contribution in [2.24, 2.45) is 0 Å². The fourth-order valence-corrected chi connectivity index (χ4v) is 3.03. The first-order valence-electron chi connectivity index (χ1n) is 6.54. The van der Waals surface area contributed by atoms with Crippen LogP contribution in [0.1, 0.15) is 32.7 Å². The smallest absolute Gasteiger partial charge is 0.248 e. The normalized spacial score (nSPS) is 15.5. The van der Waals surface area contributed by atoms with E-state index in [-0.39, 0.29) is 17.0 Å². The molecule has 1 heterocycles. The summed E-state index contributed by atoms with van der Waals surface area (Å²) in [6.45, 7) is 1.77. The Morgan fingerprint density at radius 2 is 1.76 bits per heavy atom. The van der Waals surface area contributed by atoms with Crippen molar-refractivity contribution in [1.29, 1.82) is 0 Å². The van der Waals surface area contributed by atoms with E-state index in [1.807, 2.05) is 6.07 Å². The Labute approximate surface area is 121 Å². The van der Waals surface area contributed by atoms with Crippen molar-refractivity contribution >= 4 is 5.78 Å². The maximum Gasteiger partial charge on any atom is 0.248 e. The molecular weight excluding hydrogens is 270 g/mol. The molecule has 0 spiro atoms. The summed E-state index contributed by atoms with van der Waals surface area (Å²) in [6.07, 6.45) is 0. The molecule has 0 aliphatic heterocycles. The highest BCUT2D eigenvalue weighted by atomic mass is 16.7. The molecule has 1 N–H and O–H groups in total. The number of pyridine rings is 1. The van der Waals surface area contributed by atoms with Crippen LogP contribution >= 0.6 is 0 Å². The minimum atomic E-state index is -1.20. The average Bonchev–Trinajstić information content (AvgIpc) is 2.49. The van der Waals surface area contributed by atoms with Crippen LogP contribution in [-0.2, 0) is 15.3 Å². The predicted molar refractivity (Wildman–Crippen MR) is 76.5 cm³/mol. The first kappa shape index (κ1) is 13.7. The van der Waals surface area contributed by atoms with Crippen molar-refractivity contribution in [3.63, 3.8) is 0 Å². The molecule has 0 atom stereocenters. The third-order valence-electron chi connectivity index (χ3n) is 3.90. The lowest BCUT2D eigenvalue weighted by molar-refractivity contribution is -0.185. The quantitative estimate of drug-likeness (QED) is 0.853. The molecule has 108 valence electrons. The van der Waals surface area contributed by atoms with Gasteiger partial charge in [-0.3, -0.25) is 9.59 Å². The highest BCUT2D eigenvalue weighted by Gasteiger charge is 2.46. The number of fused-ring (bicyclic) bond motifs is 2. The van der Waals surface area contributed by atoms with Gasteiger partial charge in [-0.05, 0) is 12.5 Å². The zero-order valence-corrected chi connectivity index (χ0v) is 12.0. The summed E-state index contributed by atoms with van der Waals surface area (Å²) < 4.78 is 11.3. The fraction of sp³-hybridized carbons (Fsp3) is 0.250. The molecule has 5 nitrogen and oxygen atoms in total. The Morgan fingerprint density at radius 1 is 1.10 bits per heavy atom. The molecule has 3 rings (SSSR count). The van der Waals surface area contributed by atoms with Gasteiger partial charge in [-0.1, -0.05) is 24.3 Å². The van der Waals surface area contributed by atoms with Crippen LogP contribution in [-0.4, -0.2) is 25.0 Å². The molecule has 1 aromatic carbocycles. The number of hydrogen-bond donors (Lipinski definition) is 1. The van der Waals surface area contributed by atoms with Crippen molar-refractivity contribution in [2.45, 2.75) is 12.7 Å². The Bertz CT molecular complexity index is 787. The Balaban J connectivity index is 2.47. The number of hydrogen-bond acceptors (Lipinski definition) is 4. The highest BCUT2D eigenvalue weighted by molar-refractivity contribution is 6.11. The molecule has 0 saturated carbocycles. The van der Waals surface area contributed by atoms with Gasteiger partial charge >= 0.3 is 0 Å². The number of carbonyl (C=O) groups is 1. The lowest BCUT2D eigenvalue weighted by Crippen LogP contribution is -2.41. The molecule has 0 radical (unpaired) electrons. The topological polar surface area (TPSA) is 68.4 Å². The van der Waals surface area contributed by atoms with Gasteiger partial charge in [0.1, 0.15) is 0 Å². The van der Waals surface area contributed by atoms with Gasteiger partial charge in [0.2, 0.25) is 17.1 Å². The Morgan fingerprint density at radius 3 is 2.43 bits per heavy atom. The number of ether oxygens (including phenoxy) is 2. The van der Waals surface area contributed by atoms with E-state index in [1.165, 1.54) is 20.3 Å². The predicted octanol–water partition coefficient (Wildman–Crippen LogP) is 1.72. The summed E-state index contributed by atoms with van der Waals surface area (Å²) in [4.78, 5) is 27.0. The molecular formula is C16H15NO4. The van der Waals surface area contributed by atoms with Crippen molar-refractivity contribution in [2.75, 3.05) is 14.2 Å². The molecule has 0 saturated heterocycles. The number of aryl methyl sites for hydroxylation is 1. The van der Waals surface area contributed by atoms with Gasteiger partial charge in [0, 0.05) is 37.0 Å². The summed E-state index contributed by atoms with van der Waals surface area (Å²) in [5.74, 6) is -1.43. The molecule has 0 unspecified atom stereocenters. The van der Waals surface area contributed by atoms with Crippen LogP contribution in [0, 0.1) is 6.92 Å². The molecule has 21 heavy (non-hydrogen) atoms. The van der Waals surface area contributed by atoms with Gasteiger partial charge in [-0.15, -0.1) is 0 Å². The molecule has 0 amide bonds. The minimum absolute atomic E-state index is 0.224. The second-order valence-corrected chi connectivity index (χ2v) is 4.97. The zero-order valence-electron chi connectivity index (χ0n) is 12.0. The van der Waals surface area contributed by atoms with E-state index < -0.39 is 5.79 Å². The second kappa shape index (κ2) is 4.65. The molecule has 1 aromatic heterocycles. The van der Waals surface area contributed by atoms with Crippen LogP contribution in [0.5, 0.6) is 0 Å². The lowest BCUT2D eigenvalue weighted by Gasteiger charge is -2.38. The van der Waals surface area contributed by atoms with E-state index in [2.05, 4.69) is 4.98 Å². The van der Waals surface area contributed by atoms with Gasteiger partial charge in [0.05, 0.1) is 5.69 Å². The molecule has 1 aliphatic carbocycles. The number of aromatic nitrogens is 1. The van der Waals surface area contributed by atoms with Crippen LogP contribution < -0.4 is 5.56 Å². The van der Waals surface area contributed by atoms with Crippen LogP contribution in [0.2, 0.25) is 0 Å². The van der Waals surface area contributed by atoms with E-state index in [0.29, 0.717) is 22.3 Å². The Kier molecular flexibility index (Phi) is 3.04. The molecule has 2 aromatic rings. The monoisotopic (exact) mass is 285 g/mol. The van der Waals surface area contributed by atoms with E-state index in [4.69, 9.17) is 9.47 Å². The SMILES string of the molecule is COC1(OC)c2ccccc2C(=O)c2[nH]c(=O)cc(C)c21. The van der Waals surface area contributed by atoms with Crippen LogP contribution in [0.15, 0.2) is 35.1 Å². The highest BCUT2D eigenvalue weighted by Crippen LogP contribution is 2.43. The number of rotatable bonds is 2. The number of H-pyrrole nitrogens is 1. The third-order valence-corrected chi connectivity index (χ3v) is 3.90. The maximum atomic E-state index is 12.7. The van der Waals surface area contributed by atoms with Gasteiger partial charge in [0.15, 0.2) is 0 Å². The number of benzene rings is 1. The Hall–Kier alpha value is -2.24. The van der Waals surface area contributed by atoms with E-state index >= 15 is 0 Å². The molecule has 1 aliphatic rings. The van der Waals surface area contributed by atoms with E-state index in [1.54, 1.807) is 25.1 Å². The van der Waals surface area contributed by atoms with E-state index in [9.17, 15) is 9.59 Å². The lowest BCUT2D eigenvalue weighted by atomic mass is 9.81. The number of ketones is 1. The van der Waals surface area contributed by atoms with Crippen molar-refractivity contribution in [3.8, 4) is 0 Å². The molecule has 5 heteroatoms. The fourth-order valence-electron chi connectivity index (χ4n) is 3.03. The summed E-state index contributed by atoms with van der Waals surface area (Å²) in [7, 11) is 3.04. The maximum absolute atomic E-state index is 12.7. The van der Waals surface area contributed by atoms with E-state index in [0.717, 1.165) is 0 Å². The van der Waals surface area contributed by atoms with Gasteiger partial charge in [0.25, 0.3) is 0 Å². The standard InChI is InChI=1S/C16H15NO4/c1-9-8-12(18)17-14-13(9)16(20-2,21-3)11-7-5-4-6-10(11)15(14)19/h4-8H,1-3H3,(H,17,18). The van der Waals surface area contributed by atoms with Crippen LogP contribution in [0.4, 0.5) is 0 Å². The zero-order chi connectivity index (χ0) is 15.2. The van der Waals surface area contributed by atoms with Crippen LogP contribution in [0.3, 0.4) is 0 Å². The summed E-state index contributed by atoms with van der Waals surface area (Å²) in [6, 6.07) is 8.53. The number of aromatic amines is 1. The third kappa shape index (κ3) is 1.71. The largest absolute Gasteiger partial charge is 0.345 e. The number of nitrogens with one attached hydrogen (secondary N) is 1. The molecule has 0 bridgehead atoms. The van der Waals surface area contributed by atoms with Gasteiger partial charge in [-0.2, -0.15) is 0 Å². The minimum Gasteiger partial charge on any atom is -0.345 e. The average molecular weight is 285 g/mol. The van der Waals surface area contributed by atoms with Crippen molar-refractivity contribution in [3.05, 3.63) is 68.6 Å². The number of carbonyl (C=O) groups excluding carboxylic acids is 1. The summed E-state index contributed by atoms with van der Waals surface area (Å²) >= 11 is 0. The first-order valence-corrected chi connectivity index (χ1v) is 6.54. The van der Waals surface area contributed by atoms with Crippen molar-refractivity contribution < 1.29 is 14.3 Å².